The first kappa shape index (κ1) is 14.7. The number of aliphatic hydroxyl groups is 1. The van der Waals surface area contributed by atoms with Gasteiger partial charge in [-0.3, -0.25) is 0 Å². The molecule has 0 atom stereocenters. The lowest BCUT2D eigenvalue weighted by atomic mass is 10.2. The van der Waals surface area contributed by atoms with Crippen molar-refractivity contribution in [2.24, 2.45) is 0 Å². The second-order valence-electron chi connectivity index (χ2n) is 4.01. The molecule has 0 unspecified atom stereocenters. The number of hydrogen-bond acceptors (Lipinski definition) is 2. The highest BCUT2D eigenvalue weighted by atomic mass is 35.5. The summed E-state index contributed by atoms with van der Waals surface area (Å²) in [5.41, 5.74) is -0.532. The highest BCUT2D eigenvalue weighted by molar-refractivity contribution is 6.30. The van der Waals surface area contributed by atoms with E-state index in [4.69, 9.17) is 16.3 Å². The van der Waals surface area contributed by atoms with Gasteiger partial charge < -0.3 is 9.84 Å². The minimum atomic E-state index is -4.52. The molecule has 0 fully saturated rings. The SMILES string of the molecule is OCc1ccc(Cl)cc1Oc1ccccc1C(F)(F)F. The first-order valence-electron chi connectivity index (χ1n) is 5.65. The van der Waals surface area contributed by atoms with Crippen LogP contribution in [-0.2, 0) is 12.8 Å². The van der Waals surface area contributed by atoms with E-state index in [0.29, 0.717) is 10.6 Å². The van der Waals surface area contributed by atoms with Crippen molar-refractivity contribution in [2.75, 3.05) is 0 Å². The number of para-hydroxylation sites is 1. The third-order valence-corrected chi connectivity index (χ3v) is 2.85. The quantitative estimate of drug-likeness (QED) is 0.894. The molecule has 2 nitrogen and oxygen atoms in total. The van der Waals surface area contributed by atoms with Gasteiger partial charge in [-0.1, -0.05) is 29.8 Å². The summed E-state index contributed by atoms with van der Waals surface area (Å²) in [5.74, 6) is -0.242. The van der Waals surface area contributed by atoms with E-state index in [2.05, 4.69) is 0 Å². The van der Waals surface area contributed by atoms with Gasteiger partial charge in [0.05, 0.1) is 12.2 Å². The van der Waals surface area contributed by atoms with Crippen LogP contribution < -0.4 is 4.74 Å². The van der Waals surface area contributed by atoms with Crippen LogP contribution in [0.4, 0.5) is 13.2 Å². The number of halogens is 4. The van der Waals surface area contributed by atoms with Crippen LogP contribution >= 0.6 is 11.6 Å². The van der Waals surface area contributed by atoms with E-state index < -0.39 is 11.7 Å². The van der Waals surface area contributed by atoms with Crippen LogP contribution in [0.15, 0.2) is 42.5 Å². The van der Waals surface area contributed by atoms with E-state index in [1.165, 1.54) is 36.4 Å². The lowest BCUT2D eigenvalue weighted by Crippen LogP contribution is -2.07. The summed E-state index contributed by atoms with van der Waals surface area (Å²) in [6.45, 7) is -0.360. The average Bonchev–Trinajstić information content (AvgIpc) is 2.38. The molecule has 2 aromatic rings. The van der Waals surface area contributed by atoms with Gasteiger partial charge in [0.25, 0.3) is 0 Å². The lowest BCUT2D eigenvalue weighted by molar-refractivity contribution is -0.138. The molecule has 1 N–H and O–H groups in total. The minimum Gasteiger partial charge on any atom is -0.456 e. The van der Waals surface area contributed by atoms with Crippen molar-refractivity contribution in [3.8, 4) is 11.5 Å². The lowest BCUT2D eigenvalue weighted by Gasteiger charge is -2.15. The number of ether oxygens (including phenoxy) is 1. The van der Waals surface area contributed by atoms with Gasteiger partial charge in [-0.2, -0.15) is 13.2 Å². The van der Waals surface area contributed by atoms with Crippen molar-refractivity contribution in [1.29, 1.82) is 0 Å². The van der Waals surface area contributed by atoms with E-state index >= 15 is 0 Å². The molecule has 0 bridgehead atoms. The van der Waals surface area contributed by atoms with Gasteiger partial charge in [0.2, 0.25) is 0 Å². The van der Waals surface area contributed by atoms with Crippen LogP contribution in [0.5, 0.6) is 11.5 Å². The molecule has 0 saturated carbocycles. The Morgan fingerprint density at radius 3 is 2.40 bits per heavy atom. The number of alkyl halides is 3. The van der Waals surface area contributed by atoms with Crippen LogP contribution in [-0.4, -0.2) is 5.11 Å². The molecule has 2 rings (SSSR count). The molecular weight excluding hydrogens is 293 g/mol. The van der Waals surface area contributed by atoms with Crippen LogP contribution in [0.1, 0.15) is 11.1 Å². The van der Waals surface area contributed by atoms with Gasteiger partial charge in [0.15, 0.2) is 0 Å². The van der Waals surface area contributed by atoms with Crippen molar-refractivity contribution < 1.29 is 23.0 Å². The maximum Gasteiger partial charge on any atom is 0.419 e. The summed E-state index contributed by atoms with van der Waals surface area (Å²) in [6, 6.07) is 9.24. The zero-order valence-corrected chi connectivity index (χ0v) is 10.9. The first-order chi connectivity index (χ1) is 9.41. The van der Waals surface area contributed by atoms with Gasteiger partial charge in [0.1, 0.15) is 11.5 Å². The van der Waals surface area contributed by atoms with Gasteiger partial charge in [-0.15, -0.1) is 0 Å². The largest absolute Gasteiger partial charge is 0.456 e. The number of benzene rings is 2. The van der Waals surface area contributed by atoms with E-state index in [-0.39, 0.29) is 18.1 Å². The summed E-state index contributed by atoms with van der Waals surface area (Å²) in [7, 11) is 0. The molecule has 0 aliphatic carbocycles. The van der Waals surface area contributed by atoms with E-state index in [1.807, 2.05) is 0 Å². The van der Waals surface area contributed by atoms with Gasteiger partial charge in [-0.05, 0) is 24.3 Å². The Morgan fingerprint density at radius 1 is 1.05 bits per heavy atom. The zero-order chi connectivity index (χ0) is 14.8. The zero-order valence-electron chi connectivity index (χ0n) is 10.1. The molecule has 0 aromatic heterocycles. The fourth-order valence-electron chi connectivity index (χ4n) is 1.66. The van der Waals surface area contributed by atoms with Crippen molar-refractivity contribution >= 4 is 11.6 Å². The molecule has 0 heterocycles. The summed E-state index contributed by atoms with van der Waals surface area (Å²) in [4.78, 5) is 0. The Labute approximate surface area is 118 Å². The second-order valence-corrected chi connectivity index (χ2v) is 4.44. The fourth-order valence-corrected chi connectivity index (χ4v) is 1.82. The molecule has 2 aromatic carbocycles. The Hall–Kier alpha value is -1.72. The van der Waals surface area contributed by atoms with Crippen LogP contribution in [0.25, 0.3) is 0 Å². The second kappa shape index (κ2) is 5.73. The molecule has 0 saturated heterocycles. The van der Waals surface area contributed by atoms with Gasteiger partial charge in [0, 0.05) is 10.6 Å². The highest BCUT2D eigenvalue weighted by Crippen LogP contribution is 2.39. The molecule has 0 aliphatic heterocycles. The molecular formula is C14H10ClF3O2. The fraction of sp³-hybridized carbons (Fsp3) is 0.143. The number of rotatable bonds is 3. The van der Waals surface area contributed by atoms with E-state index in [9.17, 15) is 18.3 Å². The third kappa shape index (κ3) is 3.23. The summed E-state index contributed by atoms with van der Waals surface area (Å²) >= 11 is 5.79. The third-order valence-electron chi connectivity index (χ3n) is 2.61. The summed E-state index contributed by atoms with van der Waals surface area (Å²) < 4.78 is 43.8. The Bertz CT molecular complexity index is 612. The monoisotopic (exact) mass is 302 g/mol. The number of aliphatic hydroxyl groups excluding tert-OH is 1. The predicted octanol–water partition coefficient (Wildman–Crippen LogP) is 4.64. The van der Waals surface area contributed by atoms with Crippen molar-refractivity contribution in [3.05, 3.63) is 58.6 Å². The Balaban J connectivity index is 2.43. The molecule has 106 valence electrons. The highest BCUT2D eigenvalue weighted by Gasteiger charge is 2.34. The normalized spacial score (nSPS) is 11.4. The van der Waals surface area contributed by atoms with Gasteiger partial charge >= 0.3 is 6.18 Å². The molecule has 6 heteroatoms. The Morgan fingerprint density at radius 2 is 1.75 bits per heavy atom. The topological polar surface area (TPSA) is 29.5 Å². The summed E-state index contributed by atoms with van der Waals surface area (Å²) in [5, 5.41) is 9.48. The molecule has 0 radical (unpaired) electrons. The average molecular weight is 303 g/mol. The molecule has 0 amide bonds. The minimum absolute atomic E-state index is 0.0942. The van der Waals surface area contributed by atoms with Crippen LogP contribution in [0.2, 0.25) is 5.02 Å². The van der Waals surface area contributed by atoms with Gasteiger partial charge in [-0.25, -0.2) is 0 Å². The molecule has 20 heavy (non-hydrogen) atoms. The molecule has 0 aliphatic rings. The maximum absolute atomic E-state index is 12.9. The van der Waals surface area contributed by atoms with Crippen molar-refractivity contribution in [2.45, 2.75) is 12.8 Å². The maximum atomic E-state index is 12.9. The smallest absolute Gasteiger partial charge is 0.419 e. The Kier molecular flexibility index (Phi) is 4.20. The predicted molar refractivity (Wildman–Crippen MR) is 68.9 cm³/mol. The number of hydrogen-bond donors (Lipinski definition) is 1. The van der Waals surface area contributed by atoms with Crippen LogP contribution in [0.3, 0.4) is 0 Å². The van der Waals surface area contributed by atoms with E-state index in [0.717, 1.165) is 6.07 Å². The first-order valence-corrected chi connectivity index (χ1v) is 6.03. The van der Waals surface area contributed by atoms with Crippen molar-refractivity contribution in [3.63, 3.8) is 0 Å². The van der Waals surface area contributed by atoms with E-state index in [1.54, 1.807) is 0 Å². The van der Waals surface area contributed by atoms with Crippen molar-refractivity contribution in [1.82, 2.24) is 0 Å². The molecule has 0 spiro atoms. The summed E-state index contributed by atoms with van der Waals surface area (Å²) in [6.07, 6.45) is -4.52. The van der Waals surface area contributed by atoms with Crippen LogP contribution in [0, 0.1) is 0 Å². The standard InChI is InChI=1S/C14H10ClF3O2/c15-10-6-5-9(8-19)13(7-10)20-12-4-2-1-3-11(12)14(16,17)18/h1-7,19H,8H2.